The zero-order valence-corrected chi connectivity index (χ0v) is 17.7. The van der Waals surface area contributed by atoms with Crippen LogP contribution in [0.4, 0.5) is 5.69 Å². The fraction of sp³-hybridized carbons (Fsp3) is 0.474. The van der Waals surface area contributed by atoms with Gasteiger partial charge in [-0.2, -0.15) is 15.3 Å². The quantitative estimate of drug-likeness (QED) is 0.656. The lowest BCUT2D eigenvalue weighted by atomic mass is 10.1. The first kappa shape index (κ1) is 20.1. The van der Waals surface area contributed by atoms with E-state index in [1.807, 2.05) is 44.8 Å². The summed E-state index contributed by atoms with van der Waals surface area (Å²) in [4.78, 5) is 12.5. The minimum atomic E-state index is -0.262. The van der Waals surface area contributed by atoms with Gasteiger partial charge in [-0.25, -0.2) is 0 Å². The Morgan fingerprint density at radius 3 is 2.54 bits per heavy atom. The topological polar surface area (TPSA) is 82.6 Å². The molecule has 3 aromatic rings. The number of amides is 1. The van der Waals surface area contributed by atoms with Crippen molar-refractivity contribution < 1.29 is 4.79 Å². The lowest BCUT2D eigenvalue weighted by molar-refractivity contribution is -0.119. The number of hydrogen-bond donors (Lipinski definition) is 1. The van der Waals surface area contributed by atoms with Crippen LogP contribution in [-0.2, 0) is 24.4 Å². The van der Waals surface area contributed by atoms with Crippen molar-refractivity contribution in [2.75, 3.05) is 5.32 Å². The van der Waals surface area contributed by atoms with Gasteiger partial charge in [0.2, 0.25) is 5.91 Å². The lowest BCUT2D eigenvalue weighted by Crippen LogP contribution is -2.25. The van der Waals surface area contributed by atoms with E-state index >= 15 is 0 Å². The lowest BCUT2D eigenvalue weighted by Gasteiger charge is -2.12. The first-order valence-electron chi connectivity index (χ1n) is 9.34. The summed E-state index contributed by atoms with van der Waals surface area (Å²) in [6, 6.07) is 0. The van der Waals surface area contributed by atoms with Crippen molar-refractivity contribution in [3.63, 3.8) is 0 Å². The Morgan fingerprint density at radius 1 is 1.18 bits per heavy atom. The summed E-state index contributed by atoms with van der Waals surface area (Å²) in [5.41, 5.74) is 4.55. The Hall–Kier alpha value is -2.61. The predicted octanol–water partition coefficient (Wildman–Crippen LogP) is 3.20. The molecular weight excluding hydrogens is 378 g/mol. The van der Waals surface area contributed by atoms with Crippen LogP contribution in [0.3, 0.4) is 0 Å². The maximum atomic E-state index is 12.5. The van der Waals surface area contributed by atoms with Gasteiger partial charge in [0.25, 0.3) is 0 Å². The second kappa shape index (κ2) is 8.18. The van der Waals surface area contributed by atoms with E-state index in [1.165, 1.54) is 0 Å². The fourth-order valence-electron chi connectivity index (χ4n) is 3.11. The molecule has 3 rings (SSSR count). The number of halogens is 1. The van der Waals surface area contributed by atoms with Crippen molar-refractivity contribution in [3.8, 4) is 0 Å². The highest BCUT2D eigenvalue weighted by Gasteiger charge is 2.18. The molecule has 0 aliphatic heterocycles. The maximum Gasteiger partial charge on any atom is 0.229 e. The van der Waals surface area contributed by atoms with Gasteiger partial charge < -0.3 is 5.32 Å². The van der Waals surface area contributed by atoms with Gasteiger partial charge in [0.05, 0.1) is 53.5 Å². The van der Waals surface area contributed by atoms with Crippen molar-refractivity contribution in [3.05, 3.63) is 46.3 Å². The highest BCUT2D eigenvalue weighted by Crippen LogP contribution is 2.20. The molecule has 0 bridgehead atoms. The third-order valence-corrected chi connectivity index (χ3v) is 5.47. The molecule has 0 spiro atoms. The van der Waals surface area contributed by atoms with Crippen LogP contribution in [0.1, 0.15) is 36.5 Å². The minimum absolute atomic E-state index is 0.0850. The van der Waals surface area contributed by atoms with Crippen LogP contribution in [0.15, 0.2) is 18.6 Å². The van der Waals surface area contributed by atoms with Crippen molar-refractivity contribution >= 4 is 23.2 Å². The first-order chi connectivity index (χ1) is 13.3. The molecule has 1 atom stereocenters. The largest absolute Gasteiger partial charge is 0.323 e. The monoisotopic (exact) mass is 403 g/mol. The Balaban J connectivity index is 1.61. The normalized spacial score (nSPS) is 12.4. The molecule has 0 radical (unpaired) electrons. The Morgan fingerprint density at radius 2 is 1.93 bits per heavy atom. The molecule has 1 unspecified atom stereocenters. The number of hydrogen-bond acceptors (Lipinski definition) is 4. The van der Waals surface area contributed by atoms with E-state index in [9.17, 15) is 4.79 Å². The minimum Gasteiger partial charge on any atom is -0.323 e. The second-order valence-electron chi connectivity index (χ2n) is 7.05. The van der Waals surface area contributed by atoms with Crippen LogP contribution < -0.4 is 5.32 Å². The van der Waals surface area contributed by atoms with Crippen LogP contribution in [-0.4, -0.2) is 35.2 Å². The van der Waals surface area contributed by atoms with Gasteiger partial charge in [0.1, 0.15) is 0 Å². The Kier molecular flexibility index (Phi) is 5.88. The molecule has 0 saturated heterocycles. The first-order valence-corrected chi connectivity index (χ1v) is 9.72. The molecule has 9 heteroatoms. The van der Waals surface area contributed by atoms with E-state index in [2.05, 4.69) is 27.5 Å². The zero-order valence-electron chi connectivity index (χ0n) is 16.9. The van der Waals surface area contributed by atoms with E-state index in [0.29, 0.717) is 23.8 Å². The smallest absolute Gasteiger partial charge is 0.229 e. The Labute approximate surface area is 169 Å². The molecule has 0 aliphatic rings. The van der Waals surface area contributed by atoms with Crippen LogP contribution >= 0.6 is 11.6 Å². The summed E-state index contributed by atoms with van der Waals surface area (Å²) in [5.74, 6) is -0.347. The summed E-state index contributed by atoms with van der Waals surface area (Å²) in [6.07, 6.45) is 5.35. The number of nitrogens with one attached hydrogen (secondary N) is 1. The van der Waals surface area contributed by atoms with Gasteiger partial charge in [0.15, 0.2) is 0 Å². The number of carbonyl (C=O) groups excluding carboxylic acids is 1. The van der Waals surface area contributed by atoms with E-state index in [0.717, 1.165) is 29.2 Å². The van der Waals surface area contributed by atoms with E-state index < -0.39 is 0 Å². The van der Waals surface area contributed by atoms with Gasteiger partial charge in [-0.3, -0.25) is 18.8 Å². The summed E-state index contributed by atoms with van der Waals surface area (Å²) >= 11 is 6.18. The van der Waals surface area contributed by atoms with Crippen molar-refractivity contribution in [1.29, 1.82) is 0 Å². The van der Waals surface area contributed by atoms with E-state index in [-0.39, 0.29) is 11.8 Å². The number of rotatable bonds is 7. The number of nitrogens with zero attached hydrogens (tertiary/aromatic N) is 6. The number of anilines is 1. The van der Waals surface area contributed by atoms with Crippen molar-refractivity contribution in [2.45, 2.75) is 54.3 Å². The molecular formula is C19H26ClN7O. The van der Waals surface area contributed by atoms with Gasteiger partial charge >= 0.3 is 0 Å². The third-order valence-electron chi connectivity index (χ3n) is 4.93. The van der Waals surface area contributed by atoms with E-state index in [1.54, 1.807) is 15.6 Å². The number of aryl methyl sites for hydroxylation is 2. The van der Waals surface area contributed by atoms with Gasteiger partial charge in [-0.05, 0) is 27.7 Å². The summed E-state index contributed by atoms with van der Waals surface area (Å²) in [7, 11) is 0. The van der Waals surface area contributed by atoms with Crippen LogP contribution in [0.2, 0.25) is 5.02 Å². The zero-order chi connectivity index (χ0) is 20.4. The van der Waals surface area contributed by atoms with Gasteiger partial charge in [-0.1, -0.05) is 18.5 Å². The summed E-state index contributed by atoms with van der Waals surface area (Å²) < 4.78 is 5.53. The predicted molar refractivity (Wildman–Crippen MR) is 108 cm³/mol. The van der Waals surface area contributed by atoms with Crippen molar-refractivity contribution in [2.24, 2.45) is 5.92 Å². The highest BCUT2D eigenvalue weighted by molar-refractivity contribution is 6.31. The second-order valence-corrected chi connectivity index (χ2v) is 7.43. The molecule has 3 heterocycles. The molecule has 1 amide bonds. The van der Waals surface area contributed by atoms with Crippen molar-refractivity contribution in [1.82, 2.24) is 29.3 Å². The van der Waals surface area contributed by atoms with Gasteiger partial charge in [-0.15, -0.1) is 0 Å². The maximum absolute atomic E-state index is 12.5. The average Bonchev–Trinajstić information content (AvgIpc) is 3.32. The number of aromatic nitrogens is 6. The average molecular weight is 404 g/mol. The molecule has 0 aromatic carbocycles. The molecule has 3 aromatic heterocycles. The molecule has 0 saturated carbocycles. The summed E-state index contributed by atoms with van der Waals surface area (Å²) in [5, 5.41) is 16.7. The fourth-order valence-corrected chi connectivity index (χ4v) is 3.24. The van der Waals surface area contributed by atoms with Crippen LogP contribution in [0.5, 0.6) is 0 Å². The third kappa shape index (κ3) is 4.11. The number of carbonyl (C=O) groups is 1. The van der Waals surface area contributed by atoms with Crippen LogP contribution in [0, 0.1) is 26.7 Å². The molecule has 150 valence electrons. The van der Waals surface area contributed by atoms with Gasteiger partial charge in [0, 0.05) is 24.0 Å². The standard InChI is InChI=1S/C19H26ClN7O/c1-6-26-14(4)16(7-22-26)10-25-11-17(8-21-25)23-19(28)12(2)9-27-15(5)18(20)13(3)24-27/h7-8,11-12H,6,9-10H2,1-5H3,(H,23,28). The Bertz CT molecular complexity index is 985. The molecule has 0 fully saturated rings. The summed E-state index contributed by atoms with van der Waals surface area (Å²) in [6.45, 7) is 11.7. The molecule has 1 N–H and O–H groups in total. The van der Waals surface area contributed by atoms with Crippen LogP contribution in [0.25, 0.3) is 0 Å². The van der Waals surface area contributed by atoms with E-state index in [4.69, 9.17) is 11.6 Å². The highest BCUT2D eigenvalue weighted by atomic mass is 35.5. The molecule has 8 nitrogen and oxygen atoms in total. The molecule has 28 heavy (non-hydrogen) atoms. The molecule has 0 aliphatic carbocycles. The SMILES string of the molecule is CCn1ncc(Cn2cc(NC(=O)C(C)Cn3nc(C)c(Cl)c3C)cn2)c1C.